The average molecular weight is 345 g/mol. The highest BCUT2D eigenvalue weighted by Gasteiger charge is 2.23. The smallest absolute Gasteiger partial charge is 0.190 e. The average Bonchev–Trinajstić information content (AvgIpc) is 2.97. The molecule has 0 amide bonds. The van der Waals surface area contributed by atoms with Crippen LogP contribution in [0.1, 0.15) is 37.1 Å². The Bertz CT molecular complexity index is 632. The van der Waals surface area contributed by atoms with Gasteiger partial charge in [-0.15, -0.1) is 10.2 Å². The zero-order valence-electron chi connectivity index (χ0n) is 15.0. The summed E-state index contributed by atoms with van der Waals surface area (Å²) in [5.41, 5.74) is 1.45. The molecule has 1 fully saturated rings. The van der Waals surface area contributed by atoms with E-state index < -0.39 is 0 Å². The van der Waals surface area contributed by atoms with E-state index in [0.29, 0.717) is 5.92 Å². The minimum absolute atomic E-state index is 0.602. The minimum Gasteiger partial charge on any atom is -0.309 e. The van der Waals surface area contributed by atoms with E-state index in [2.05, 4.69) is 70.2 Å². The molecular formula is C19H28N4S. The largest absolute Gasteiger partial charge is 0.309 e. The molecular weight excluding hydrogens is 316 g/mol. The van der Waals surface area contributed by atoms with Crippen LogP contribution in [0.4, 0.5) is 0 Å². The Morgan fingerprint density at radius 2 is 1.88 bits per heavy atom. The van der Waals surface area contributed by atoms with Crippen LogP contribution in [0.15, 0.2) is 35.5 Å². The fourth-order valence-electron chi connectivity index (χ4n) is 3.61. The van der Waals surface area contributed by atoms with Gasteiger partial charge in [0.25, 0.3) is 0 Å². The van der Waals surface area contributed by atoms with Crippen LogP contribution < -0.4 is 0 Å². The van der Waals surface area contributed by atoms with Crippen molar-refractivity contribution in [3.05, 3.63) is 41.7 Å². The van der Waals surface area contributed by atoms with Crippen LogP contribution in [0.5, 0.6) is 0 Å². The minimum atomic E-state index is 0.602. The Morgan fingerprint density at radius 3 is 2.50 bits per heavy atom. The molecule has 3 rings (SSSR count). The van der Waals surface area contributed by atoms with Crippen molar-refractivity contribution in [3.63, 3.8) is 0 Å². The summed E-state index contributed by atoms with van der Waals surface area (Å²) in [5.74, 6) is 2.48. The molecule has 0 spiro atoms. The van der Waals surface area contributed by atoms with Gasteiger partial charge in [0.15, 0.2) is 5.16 Å². The third-order valence-corrected chi connectivity index (χ3v) is 5.91. The van der Waals surface area contributed by atoms with Gasteiger partial charge in [0.2, 0.25) is 0 Å². The summed E-state index contributed by atoms with van der Waals surface area (Å²) < 4.78 is 2.15. The van der Waals surface area contributed by atoms with Crippen LogP contribution in [0.25, 0.3) is 0 Å². The predicted molar refractivity (Wildman–Crippen MR) is 101 cm³/mol. The second kappa shape index (κ2) is 8.17. The van der Waals surface area contributed by atoms with Crippen molar-refractivity contribution in [2.75, 3.05) is 25.9 Å². The molecule has 1 aliphatic heterocycles. The van der Waals surface area contributed by atoms with Crippen LogP contribution in [-0.2, 0) is 13.5 Å². The van der Waals surface area contributed by atoms with Gasteiger partial charge < -0.3 is 9.47 Å². The Hall–Kier alpha value is -1.33. The highest BCUT2D eigenvalue weighted by Crippen LogP contribution is 2.24. The molecule has 4 nitrogen and oxygen atoms in total. The molecule has 2 heterocycles. The van der Waals surface area contributed by atoms with Crippen LogP contribution >= 0.6 is 11.8 Å². The fraction of sp³-hybridized carbons (Fsp3) is 0.579. The molecule has 2 aromatic rings. The van der Waals surface area contributed by atoms with Gasteiger partial charge in [0.1, 0.15) is 5.82 Å². The number of hydrogen-bond donors (Lipinski definition) is 0. The molecule has 0 N–H and O–H groups in total. The number of piperidine rings is 1. The lowest BCUT2D eigenvalue weighted by Crippen LogP contribution is -2.36. The zero-order valence-corrected chi connectivity index (χ0v) is 15.8. The van der Waals surface area contributed by atoms with E-state index in [9.17, 15) is 0 Å². The van der Waals surface area contributed by atoms with E-state index in [0.717, 1.165) is 29.9 Å². The lowest BCUT2D eigenvalue weighted by molar-refractivity contribution is 0.175. The standard InChI is InChI=1S/C19H28N4S/c1-15(17-7-5-4-6-8-17)14-23-11-9-16(10-12-23)13-18-20-21-19(24-3)22(18)2/h4-8,15-16H,9-14H2,1-3H3/t15-/m0/s1. The highest BCUT2D eigenvalue weighted by molar-refractivity contribution is 7.98. The number of rotatable bonds is 6. The maximum atomic E-state index is 4.37. The van der Waals surface area contributed by atoms with E-state index >= 15 is 0 Å². The van der Waals surface area contributed by atoms with Gasteiger partial charge >= 0.3 is 0 Å². The molecule has 0 bridgehead atoms. The Morgan fingerprint density at radius 1 is 1.17 bits per heavy atom. The van der Waals surface area contributed by atoms with Gasteiger partial charge in [-0.2, -0.15) is 0 Å². The first-order valence-electron chi connectivity index (χ1n) is 8.87. The van der Waals surface area contributed by atoms with E-state index in [1.54, 1.807) is 11.8 Å². The maximum absolute atomic E-state index is 4.37. The van der Waals surface area contributed by atoms with Crippen molar-refractivity contribution in [3.8, 4) is 0 Å². The summed E-state index contributed by atoms with van der Waals surface area (Å²) in [5, 5.41) is 9.63. The summed E-state index contributed by atoms with van der Waals surface area (Å²) >= 11 is 1.66. The number of benzene rings is 1. The number of hydrogen-bond acceptors (Lipinski definition) is 4. The Kier molecular flexibility index (Phi) is 5.95. The van der Waals surface area contributed by atoms with Crippen molar-refractivity contribution in [1.29, 1.82) is 0 Å². The van der Waals surface area contributed by atoms with Crippen LogP contribution in [0.2, 0.25) is 0 Å². The summed E-state index contributed by atoms with van der Waals surface area (Å²) in [4.78, 5) is 2.62. The summed E-state index contributed by atoms with van der Waals surface area (Å²) in [7, 11) is 2.08. The Labute approximate surface area is 149 Å². The molecule has 5 heteroatoms. The molecule has 1 saturated heterocycles. The van der Waals surface area contributed by atoms with Crippen LogP contribution in [0, 0.1) is 5.92 Å². The number of nitrogens with zero attached hydrogens (tertiary/aromatic N) is 4. The van der Waals surface area contributed by atoms with Crippen molar-refractivity contribution in [1.82, 2.24) is 19.7 Å². The third-order valence-electron chi connectivity index (χ3n) is 5.19. The van der Waals surface area contributed by atoms with Gasteiger partial charge in [-0.3, -0.25) is 0 Å². The van der Waals surface area contributed by atoms with E-state index in [4.69, 9.17) is 0 Å². The van der Waals surface area contributed by atoms with Gasteiger partial charge in [0, 0.05) is 20.0 Å². The van der Waals surface area contributed by atoms with Gasteiger partial charge in [-0.1, -0.05) is 49.0 Å². The zero-order chi connectivity index (χ0) is 16.9. The monoisotopic (exact) mass is 344 g/mol. The Balaban J connectivity index is 1.48. The first-order valence-corrected chi connectivity index (χ1v) is 10.1. The third kappa shape index (κ3) is 4.19. The molecule has 1 aromatic carbocycles. The molecule has 0 radical (unpaired) electrons. The van der Waals surface area contributed by atoms with Crippen molar-refractivity contribution in [2.24, 2.45) is 13.0 Å². The van der Waals surface area contributed by atoms with E-state index in [1.807, 2.05) is 0 Å². The van der Waals surface area contributed by atoms with Crippen LogP contribution in [-0.4, -0.2) is 45.6 Å². The lowest BCUT2D eigenvalue weighted by Gasteiger charge is -2.33. The normalized spacial score (nSPS) is 18.0. The SMILES string of the molecule is CSc1nnc(CC2CCN(C[C@H](C)c3ccccc3)CC2)n1C. The number of aromatic nitrogens is 3. The summed E-state index contributed by atoms with van der Waals surface area (Å²) in [6, 6.07) is 10.9. The maximum Gasteiger partial charge on any atom is 0.190 e. The molecule has 1 atom stereocenters. The van der Waals surface area contributed by atoms with Gasteiger partial charge in [0.05, 0.1) is 0 Å². The molecule has 0 unspecified atom stereocenters. The molecule has 0 aliphatic carbocycles. The number of likely N-dealkylation sites (tertiary alicyclic amines) is 1. The molecule has 130 valence electrons. The molecule has 1 aliphatic rings. The first kappa shape index (κ1) is 17.5. The molecule has 24 heavy (non-hydrogen) atoms. The quantitative estimate of drug-likeness (QED) is 0.750. The lowest BCUT2D eigenvalue weighted by atomic mass is 9.92. The fourth-order valence-corrected chi connectivity index (χ4v) is 4.11. The van der Waals surface area contributed by atoms with Crippen molar-refractivity contribution < 1.29 is 0 Å². The van der Waals surface area contributed by atoms with E-state index in [-0.39, 0.29) is 0 Å². The first-order chi connectivity index (χ1) is 11.7. The topological polar surface area (TPSA) is 34.0 Å². The van der Waals surface area contributed by atoms with Crippen molar-refractivity contribution >= 4 is 11.8 Å². The predicted octanol–water partition coefficient (Wildman–Crippen LogP) is 3.60. The second-order valence-corrected chi connectivity index (χ2v) is 7.70. The van der Waals surface area contributed by atoms with Crippen molar-refractivity contribution in [2.45, 2.75) is 37.3 Å². The number of thioether (sulfide) groups is 1. The summed E-state index contributed by atoms with van der Waals surface area (Å²) in [6.45, 7) is 5.91. The van der Waals surface area contributed by atoms with Crippen LogP contribution in [0.3, 0.4) is 0 Å². The molecule has 0 saturated carbocycles. The highest BCUT2D eigenvalue weighted by atomic mass is 32.2. The second-order valence-electron chi connectivity index (χ2n) is 6.92. The van der Waals surface area contributed by atoms with Gasteiger partial charge in [-0.25, -0.2) is 0 Å². The molecule has 1 aromatic heterocycles. The van der Waals surface area contributed by atoms with E-state index in [1.165, 1.54) is 31.5 Å². The van der Waals surface area contributed by atoms with Gasteiger partial charge in [-0.05, 0) is 49.6 Å². The summed E-state index contributed by atoms with van der Waals surface area (Å²) in [6.07, 6.45) is 5.65.